The van der Waals surface area contributed by atoms with Crippen molar-refractivity contribution in [3.05, 3.63) is 141 Å². The molecule has 0 fully saturated rings. The van der Waals surface area contributed by atoms with E-state index in [0.717, 1.165) is 60.4 Å². The molecule has 2 rings (SSSR count). The van der Waals surface area contributed by atoms with Crippen LogP contribution in [0.5, 0.6) is 5.75 Å². The Morgan fingerprint density at radius 3 is 1.16 bits per heavy atom. The van der Waals surface area contributed by atoms with Gasteiger partial charge in [-0.2, -0.15) is 0 Å². The van der Waals surface area contributed by atoms with Gasteiger partial charge in [0.05, 0.1) is 29.9 Å². The third kappa shape index (κ3) is 17.0. The molecule has 0 aromatic heterocycles. The van der Waals surface area contributed by atoms with E-state index in [0.29, 0.717) is 0 Å². The number of ether oxygens (including phenoxy) is 1. The predicted molar refractivity (Wildman–Crippen MR) is 200 cm³/mol. The summed E-state index contributed by atoms with van der Waals surface area (Å²) in [7, 11) is -1.00. The number of aliphatic hydroxyl groups excluding tert-OH is 1. The molecule has 0 aliphatic rings. The largest absolute Gasteiger partial charge is 1.00 e. The van der Waals surface area contributed by atoms with Crippen LogP contribution in [0.15, 0.2) is 124 Å². The van der Waals surface area contributed by atoms with E-state index in [2.05, 4.69) is 100 Å². The molecule has 3 radical (unpaired) electrons. The quantitative estimate of drug-likeness (QED) is 0.107. The van der Waals surface area contributed by atoms with Crippen LogP contribution in [0.3, 0.4) is 0 Å². The van der Waals surface area contributed by atoms with Crippen LogP contribution in [0.4, 0.5) is 0 Å². The number of hydrogen-bond acceptors (Lipinski definition) is 2. The van der Waals surface area contributed by atoms with Gasteiger partial charge in [-0.3, -0.25) is 0 Å². The topological polar surface area (TPSA) is 29.5 Å². The summed E-state index contributed by atoms with van der Waals surface area (Å²) in [6, 6.07) is 26.2. The first kappa shape index (κ1) is 44.3. The average molecular weight is 636 g/mol. The van der Waals surface area contributed by atoms with E-state index < -0.39 is 16.1 Å². The molecule has 2 aromatic carbocycles. The van der Waals surface area contributed by atoms with Crippen molar-refractivity contribution in [1.82, 2.24) is 0 Å². The van der Waals surface area contributed by atoms with E-state index in [-0.39, 0.29) is 46.0 Å². The molecule has 1 N–H and O–H groups in total. The molecule has 0 aliphatic heterocycles. The second-order valence-corrected chi connectivity index (χ2v) is 20.9. The Kier molecular flexibility index (Phi) is 26.5. The van der Waals surface area contributed by atoms with Gasteiger partial charge < -0.3 is 11.3 Å². The molecule has 0 amide bonds. The monoisotopic (exact) mass is 635 g/mol. The van der Waals surface area contributed by atoms with Crippen molar-refractivity contribution in [3.63, 3.8) is 0 Å². The molecule has 0 bridgehead atoms. The third-order valence-electron chi connectivity index (χ3n) is 8.17. The van der Waals surface area contributed by atoms with Crippen molar-refractivity contribution in [3.8, 4) is 5.75 Å². The Balaban J connectivity index is -0.000000735. The van der Waals surface area contributed by atoms with Crippen LogP contribution in [-0.2, 0) is 19.4 Å². The number of allylic oxidation sites excluding steroid dienone is 6. The summed E-state index contributed by atoms with van der Waals surface area (Å²) >= 11 is 0. The molecule has 0 saturated heterocycles. The summed E-state index contributed by atoms with van der Waals surface area (Å²) in [6.45, 7) is 23.8. The van der Waals surface area contributed by atoms with Gasteiger partial charge in [0.2, 0.25) is 0 Å². The van der Waals surface area contributed by atoms with Gasteiger partial charge in [-0.15, -0.1) is 39.5 Å². The Hall–Kier alpha value is -1.86. The summed E-state index contributed by atoms with van der Waals surface area (Å²) in [5.74, 6) is 0.924. The number of rotatable bonds is 22. The maximum atomic E-state index is 9.07. The van der Waals surface area contributed by atoms with Gasteiger partial charge in [-0.05, 0) is 77.9 Å². The van der Waals surface area contributed by atoms with E-state index >= 15 is 0 Å². The normalized spacial score (nSPS) is 10.5. The van der Waals surface area contributed by atoms with Gasteiger partial charge in [0.25, 0.3) is 0 Å². The van der Waals surface area contributed by atoms with E-state index in [4.69, 9.17) is 9.84 Å². The van der Waals surface area contributed by atoms with Gasteiger partial charge in [0, 0.05) is 8.41 Å². The van der Waals surface area contributed by atoms with E-state index in [1.807, 2.05) is 24.3 Å². The van der Waals surface area contributed by atoms with Crippen LogP contribution in [0.25, 0.3) is 0 Å². The molecular weight excluding hydrogens is 578 g/mol. The fourth-order valence-electron chi connectivity index (χ4n) is 5.89. The number of aliphatic hydroxyl groups is 1. The van der Waals surface area contributed by atoms with E-state index in [1.165, 1.54) is 36.1 Å². The molecule has 6 heteroatoms. The van der Waals surface area contributed by atoms with E-state index in [9.17, 15) is 0 Å². The smallest absolute Gasteiger partial charge is 1.00 e. The summed E-state index contributed by atoms with van der Waals surface area (Å²) in [6.07, 6.45) is 17.2. The summed E-state index contributed by atoms with van der Waals surface area (Å²) in [5, 5.41) is 9.07. The van der Waals surface area contributed by atoms with Crippen LogP contribution in [0, 0.1) is 0 Å². The van der Waals surface area contributed by atoms with Gasteiger partial charge in [-0.25, -0.2) is 0 Å². The fourth-order valence-corrected chi connectivity index (χ4v) is 13.6. The Labute approximate surface area is 298 Å². The number of methoxy groups -OCH3 is 1. The van der Waals surface area contributed by atoms with Gasteiger partial charge in [0.1, 0.15) is 5.75 Å². The molecule has 233 valence electrons. The maximum Gasteiger partial charge on any atom is 1.00 e. The van der Waals surface area contributed by atoms with Crippen molar-refractivity contribution in [1.29, 1.82) is 0 Å². The molecule has 2 nitrogen and oxygen atoms in total. The fraction of sp³-hybridized carbons (Fsp3) is 0.368. The minimum Gasteiger partial charge on any atom is -1.00 e. The van der Waals surface area contributed by atoms with Crippen molar-refractivity contribution in [2.24, 2.45) is 0 Å². The SMILES string of the molecule is C=CC[Si](CC=C)(CC=C)CCCc1ccc(CO)cc1.C=CC[Si](CC=C)(CC=C)CCCc1ccc(OC)cc1.[B].[H-].[Na+]. The Morgan fingerprint density at radius 1 is 0.591 bits per heavy atom. The van der Waals surface area contributed by atoms with E-state index in [1.54, 1.807) is 7.11 Å². The molecule has 0 atom stereocenters. The Bertz CT molecular complexity index is 949. The molecule has 0 unspecified atom stereocenters. The zero-order valence-corrected chi connectivity index (χ0v) is 32.0. The molecule has 0 heterocycles. The molecule has 0 saturated carbocycles. The van der Waals surface area contributed by atoms with Crippen LogP contribution < -0.4 is 34.3 Å². The van der Waals surface area contributed by atoms with Crippen molar-refractivity contribution >= 4 is 24.6 Å². The maximum absolute atomic E-state index is 9.07. The minimum atomic E-state index is -1.36. The summed E-state index contributed by atoms with van der Waals surface area (Å²) < 4.78 is 5.20. The Morgan fingerprint density at radius 2 is 0.886 bits per heavy atom. The first-order valence-corrected chi connectivity index (χ1v) is 21.0. The second-order valence-electron chi connectivity index (χ2n) is 11.5. The number of aryl methyl sites for hydroxylation is 2. The summed E-state index contributed by atoms with van der Waals surface area (Å²) in [5.41, 5.74) is 3.72. The number of hydrogen-bond donors (Lipinski definition) is 1. The third-order valence-corrected chi connectivity index (χ3v) is 17.9. The van der Waals surface area contributed by atoms with Gasteiger partial charge in [0.15, 0.2) is 0 Å². The summed E-state index contributed by atoms with van der Waals surface area (Å²) in [4.78, 5) is 0. The molecule has 0 aliphatic carbocycles. The zero-order valence-electron chi connectivity index (χ0n) is 29.0. The molecule has 2 aromatic rings. The average Bonchev–Trinajstić information content (AvgIpc) is 2.99. The van der Waals surface area contributed by atoms with Crippen LogP contribution in [-0.4, -0.2) is 36.8 Å². The van der Waals surface area contributed by atoms with Crippen LogP contribution in [0.2, 0.25) is 48.4 Å². The first-order valence-electron chi connectivity index (χ1n) is 15.4. The molecule has 0 spiro atoms. The minimum absolute atomic E-state index is 0. The number of benzene rings is 2. The van der Waals surface area contributed by atoms with Gasteiger partial charge in [-0.1, -0.05) is 97.8 Å². The van der Waals surface area contributed by atoms with Crippen molar-refractivity contribution in [2.45, 2.75) is 80.6 Å². The standard InChI is InChI=1S/2C19H28OSi.B.Na.H/c1-5-14-21(15-6-2,16-7-3)17-8-9-18-10-12-19(20-4)13-11-18;1-4-13-21(14-5-2,15-6-3)16-7-8-18-9-11-19(17-20)12-10-18;;;/h5-7,10-13H,1-3,8-9,14-17H2,4H3;4-6,9-12,20H,1-3,7-8,13-17H2;;;/q;;;+1;-1. The zero-order chi connectivity index (χ0) is 31.1. The predicted octanol–water partition coefficient (Wildman–Crippen LogP) is 7.49. The van der Waals surface area contributed by atoms with Crippen LogP contribution >= 0.6 is 0 Å². The second kappa shape index (κ2) is 26.4. The van der Waals surface area contributed by atoms with Gasteiger partial charge >= 0.3 is 29.6 Å². The van der Waals surface area contributed by atoms with Crippen molar-refractivity contribution in [2.75, 3.05) is 7.11 Å². The van der Waals surface area contributed by atoms with Crippen LogP contribution in [0.1, 0.15) is 31.0 Å². The van der Waals surface area contributed by atoms with Crippen molar-refractivity contribution < 1.29 is 40.8 Å². The molecular formula is C38H57BNaO2Si2. The molecule has 44 heavy (non-hydrogen) atoms. The first-order chi connectivity index (χ1) is 20.4.